The smallest absolute Gasteiger partial charge is 0.0726 e. The molecule has 1 spiro atoms. The Hall–Kier alpha value is -7.22. The molecule has 0 unspecified atom stereocenters. The molecule has 0 heterocycles. The van der Waals surface area contributed by atoms with Gasteiger partial charge in [-0.05, 0) is 96.1 Å². The van der Waals surface area contributed by atoms with Crippen LogP contribution in [0.3, 0.4) is 0 Å². The molecule has 3 aliphatic rings. The highest BCUT2D eigenvalue weighted by atomic mass is 15.2. The number of hydrogen-bond acceptors (Lipinski definition) is 1. The first-order valence-electron chi connectivity index (χ1n) is 20.8. The van der Waals surface area contributed by atoms with Crippen molar-refractivity contribution in [2.75, 3.05) is 4.90 Å². The van der Waals surface area contributed by atoms with Gasteiger partial charge in [0.1, 0.15) is 0 Å². The molecule has 278 valence electrons. The molecule has 0 aliphatic heterocycles. The third kappa shape index (κ3) is 4.56. The molecule has 0 saturated heterocycles. The van der Waals surface area contributed by atoms with Gasteiger partial charge in [-0.25, -0.2) is 0 Å². The van der Waals surface area contributed by atoms with Crippen LogP contribution in [0.15, 0.2) is 212 Å². The van der Waals surface area contributed by atoms with Crippen LogP contribution in [0.4, 0.5) is 17.1 Å². The zero-order chi connectivity index (χ0) is 39.3. The maximum atomic E-state index is 2.63. The Morgan fingerprint density at radius 2 is 0.695 bits per heavy atom. The Morgan fingerprint density at radius 1 is 0.288 bits per heavy atom. The maximum absolute atomic E-state index is 2.63. The van der Waals surface area contributed by atoms with E-state index in [4.69, 9.17) is 0 Å². The molecule has 3 aliphatic carbocycles. The lowest BCUT2D eigenvalue weighted by molar-refractivity contribution is 0.661. The van der Waals surface area contributed by atoms with Crippen molar-refractivity contribution in [3.8, 4) is 55.6 Å². The molecule has 0 atom stereocenters. The number of benzene rings is 9. The van der Waals surface area contributed by atoms with E-state index < -0.39 is 5.41 Å². The van der Waals surface area contributed by atoms with Gasteiger partial charge < -0.3 is 4.90 Å². The Bertz CT molecular complexity index is 3090. The molecule has 0 radical (unpaired) electrons. The molecule has 0 saturated carbocycles. The van der Waals surface area contributed by atoms with E-state index in [0.717, 1.165) is 5.69 Å². The van der Waals surface area contributed by atoms with E-state index in [2.05, 4.69) is 231 Å². The van der Waals surface area contributed by atoms with E-state index in [9.17, 15) is 0 Å². The van der Waals surface area contributed by atoms with Crippen LogP contribution in [0.5, 0.6) is 0 Å². The predicted molar refractivity (Wildman–Crippen MR) is 246 cm³/mol. The fraction of sp³-hybridized carbons (Fsp3) is 0.0690. The molecule has 0 bridgehead atoms. The summed E-state index contributed by atoms with van der Waals surface area (Å²) in [5.41, 5.74) is 23.5. The second kappa shape index (κ2) is 12.6. The number of hydrogen-bond donors (Lipinski definition) is 0. The van der Waals surface area contributed by atoms with E-state index in [1.54, 1.807) is 0 Å². The normalized spacial score (nSPS) is 14.2. The van der Waals surface area contributed by atoms with Gasteiger partial charge in [-0.3, -0.25) is 0 Å². The highest BCUT2D eigenvalue weighted by Crippen LogP contribution is 2.65. The predicted octanol–water partition coefficient (Wildman–Crippen LogP) is 15.1. The first-order valence-corrected chi connectivity index (χ1v) is 20.8. The average molecular weight is 752 g/mol. The van der Waals surface area contributed by atoms with Gasteiger partial charge in [0, 0.05) is 16.5 Å². The zero-order valence-electron chi connectivity index (χ0n) is 33.2. The maximum Gasteiger partial charge on any atom is 0.0726 e. The number of anilines is 3. The van der Waals surface area contributed by atoms with Crippen molar-refractivity contribution in [2.24, 2.45) is 0 Å². The van der Waals surface area contributed by atoms with Crippen LogP contribution in [-0.2, 0) is 10.8 Å². The van der Waals surface area contributed by atoms with Crippen LogP contribution in [0, 0.1) is 0 Å². The third-order valence-corrected chi connectivity index (χ3v) is 13.5. The monoisotopic (exact) mass is 751 g/mol. The first kappa shape index (κ1) is 33.9. The summed E-state index contributed by atoms with van der Waals surface area (Å²) in [5.74, 6) is 0. The molecule has 0 amide bonds. The van der Waals surface area contributed by atoms with Crippen LogP contribution >= 0.6 is 0 Å². The lowest BCUT2D eigenvalue weighted by Crippen LogP contribution is -2.26. The van der Waals surface area contributed by atoms with Crippen LogP contribution < -0.4 is 4.90 Å². The van der Waals surface area contributed by atoms with Gasteiger partial charge in [0.2, 0.25) is 0 Å². The largest absolute Gasteiger partial charge is 0.309 e. The van der Waals surface area contributed by atoms with E-state index in [1.165, 1.54) is 100 Å². The van der Waals surface area contributed by atoms with Crippen LogP contribution in [-0.4, -0.2) is 0 Å². The van der Waals surface area contributed by atoms with Crippen LogP contribution in [0.1, 0.15) is 47.2 Å². The molecule has 9 aromatic carbocycles. The number of fused-ring (bicyclic) bond motifs is 13. The summed E-state index contributed by atoms with van der Waals surface area (Å²) < 4.78 is 0. The molecule has 0 fully saturated rings. The van der Waals surface area contributed by atoms with Crippen molar-refractivity contribution in [1.82, 2.24) is 0 Å². The van der Waals surface area contributed by atoms with Crippen molar-refractivity contribution in [1.29, 1.82) is 0 Å². The van der Waals surface area contributed by atoms with Gasteiger partial charge in [0.25, 0.3) is 0 Å². The Morgan fingerprint density at radius 3 is 1.32 bits per heavy atom. The summed E-state index contributed by atoms with van der Waals surface area (Å²) in [6.07, 6.45) is 0. The highest BCUT2D eigenvalue weighted by Gasteiger charge is 2.52. The summed E-state index contributed by atoms with van der Waals surface area (Å²) in [6, 6.07) is 79.2. The molecular weight excluding hydrogens is 711 g/mol. The van der Waals surface area contributed by atoms with Gasteiger partial charge in [0.05, 0.1) is 22.5 Å². The summed E-state index contributed by atoms with van der Waals surface area (Å²) >= 11 is 0. The molecule has 0 aromatic heterocycles. The molecule has 12 rings (SSSR count). The van der Waals surface area contributed by atoms with Crippen molar-refractivity contribution < 1.29 is 0 Å². The molecule has 9 aromatic rings. The molecule has 1 heteroatoms. The van der Waals surface area contributed by atoms with E-state index in [0.29, 0.717) is 0 Å². The SMILES string of the molecule is CC1(C)c2ccccc2-c2cccc(N(c3cccc(-c4ccccc4)c3-c3ccccc3)c3cccc4c3-c3ccccc3C43c4ccccc4-c4ccccc43)c21. The molecule has 59 heavy (non-hydrogen) atoms. The van der Waals surface area contributed by atoms with Gasteiger partial charge in [-0.2, -0.15) is 0 Å². The first-order chi connectivity index (χ1) is 29.1. The minimum absolute atomic E-state index is 0.245. The number of nitrogens with zero attached hydrogens (tertiary/aromatic N) is 1. The quantitative estimate of drug-likeness (QED) is 0.169. The number of rotatable bonds is 5. The Kier molecular flexibility index (Phi) is 7.26. The van der Waals surface area contributed by atoms with Crippen LogP contribution in [0.2, 0.25) is 0 Å². The van der Waals surface area contributed by atoms with Gasteiger partial charge in [-0.1, -0.05) is 208 Å². The Labute approximate surface area is 346 Å². The second-order valence-electron chi connectivity index (χ2n) is 16.7. The van der Waals surface area contributed by atoms with Crippen molar-refractivity contribution in [3.63, 3.8) is 0 Å². The van der Waals surface area contributed by atoms with Gasteiger partial charge >= 0.3 is 0 Å². The standard InChI is InChI=1S/C58H41N/c1-57(2)46-30-13-9-26-43(46)44-29-18-37-53(56(44)57)59(51-35-17-28-40(38-20-5-3-6-21-38)54(51)39-22-7-4-8-23-39)52-36-19-34-50-55(52)45-27-12-16-33-49(45)58(50)47-31-14-10-24-41(47)42-25-11-15-32-48(42)58/h3-37H,1-2H3. The summed E-state index contributed by atoms with van der Waals surface area (Å²) in [5, 5.41) is 0. The lowest BCUT2D eigenvalue weighted by Gasteiger charge is -2.35. The van der Waals surface area contributed by atoms with Crippen molar-refractivity contribution in [3.05, 3.63) is 246 Å². The fourth-order valence-corrected chi connectivity index (χ4v) is 11.2. The zero-order valence-corrected chi connectivity index (χ0v) is 33.2. The molecule has 1 nitrogen and oxygen atoms in total. The fourth-order valence-electron chi connectivity index (χ4n) is 11.2. The second-order valence-corrected chi connectivity index (χ2v) is 16.7. The van der Waals surface area contributed by atoms with Gasteiger partial charge in [0.15, 0.2) is 0 Å². The minimum atomic E-state index is -0.455. The average Bonchev–Trinajstić information content (AvgIpc) is 3.86. The van der Waals surface area contributed by atoms with Crippen molar-refractivity contribution in [2.45, 2.75) is 24.7 Å². The van der Waals surface area contributed by atoms with Gasteiger partial charge in [-0.15, -0.1) is 0 Å². The molecule has 0 N–H and O–H groups in total. The Balaban J connectivity index is 1.23. The van der Waals surface area contributed by atoms with E-state index >= 15 is 0 Å². The van der Waals surface area contributed by atoms with E-state index in [-0.39, 0.29) is 5.41 Å². The molecular formula is C58H41N. The van der Waals surface area contributed by atoms with Crippen LogP contribution in [0.25, 0.3) is 55.6 Å². The summed E-state index contributed by atoms with van der Waals surface area (Å²) in [4.78, 5) is 2.63. The lowest BCUT2D eigenvalue weighted by atomic mass is 9.70. The van der Waals surface area contributed by atoms with Crippen molar-refractivity contribution >= 4 is 17.1 Å². The minimum Gasteiger partial charge on any atom is -0.309 e. The topological polar surface area (TPSA) is 3.24 Å². The summed E-state index contributed by atoms with van der Waals surface area (Å²) in [6.45, 7) is 4.81. The van der Waals surface area contributed by atoms with E-state index in [1.807, 2.05) is 0 Å². The third-order valence-electron chi connectivity index (χ3n) is 13.5. The summed E-state index contributed by atoms with van der Waals surface area (Å²) in [7, 11) is 0. The highest BCUT2D eigenvalue weighted by molar-refractivity contribution is 6.05.